The first-order valence-corrected chi connectivity index (χ1v) is 6.36. The van der Waals surface area contributed by atoms with Crippen molar-refractivity contribution in [3.63, 3.8) is 0 Å². The maximum absolute atomic E-state index is 12.7. The Bertz CT molecular complexity index is 780. The lowest BCUT2D eigenvalue weighted by Gasteiger charge is -2.10. The van der Waals surface area contributed by atoms with Crippen molar-refractivity contribution in [1.29, 1.82) is 0 Å². The van der Waals surface area contributed by atoms with Crippen molar-refractivity contribution in [2.45, 2.75) is 6.18 Å². The van der Waals surface area contributed by atoms with Crippen LogP contribution in [0.3, 0.4) is 0 Å². The van der Waals surface area contributed by atoms with Gasteiger partial charge in [-0.05, 0) is 18.2 Å². The average molecular weight is 345 g/mol. The molecule has 10 heteroatoms. The molecule has 2 amide bonds. The Labute approximate surface area is 132 Å². The first-order valence-electron chi connectivity index (χ1n) is 5.98. The van der Waals surface area contributed by atoms with E-state index in [4.69, 9.17) is 17.3 Å². The molecule has 0 saturated heterocycles. The Morgan fingerprint density at radius 2 is 1.91 bits per heavy atom. The normalized spacial score (nSPS) is 11.1. The zero-order chi connectivity index (χ0) is 17.2. The van der Waals surface area contributed by atoms with Crippen molar-refractivity contribution in [3.05, 3.63) is 52.6 Å². The minimum absolute atomic E-state index is 0.115. The van der Waals surface area contributed by atoms with Gasteiger partial charge in [-0.15, -0.1) is 0 Å². The lowest BCUT2D eigenvalue weighted by molar-refractivity contribution is -0.137. The number of hydrogen-bond acceptors (Lipinski definition) is 4. The fourth-order valence-corrected chi connectivity index (χ4v) is 1.79. The summed E-state index contributed by atoms with van der Waals surface area (Å²) in [7, 11) is 0. The topological polar surface area (TPSA) is 98.0 Å². The smallest absolute Gasteiger partial charge is 0.364 e. The van der Waals surface area contributed by atoms with Gasteiger partial charge in [0.15, 0.2) is 0 Å². The van der Waals surface area contributed by atoms with E-state index >= 15 is 0 Å². The fourth-order valence-electron chi connectivity index (χ4n) is 1.60. The minimum atomic E-state index is -4.66. The number of primary amides is 1. The van der Waals surface area contributed by atoms with Crippen molar-refractivity contribution in [3.8, 4) is 0 Å². The molecular weight excluding hydrogens is 337 g/mol. The summed E-state index contributed by atoms with van der Waals surface area (Å²) in [6.45, 7) is 0. The van der Waals surface area contributed by atoms with Crippen LogP contribution >= 0.6 is 11.6 Å². The van der Waals surface area contributed by atoms with Gasteiger partial charge in [0.25, 0.3) is 11.8 Å². The summed E-state index contributed by atoms with van der Waals surface area (Å²) in [5.41, 5.74) is 3.48. The van der Waals surface area contributed by atoms with Crippen molar-refractivity contribution < 1.29 is 22.8 Å². The second-order valence-corrected chi connectivity index (χ2v) is 4.67. The van der Waals surface area contributed by atoms with Crippen molar-refractivity contribution >= 4 is 29.1 Å². The quantitative estimate of drug-likeness (QED) is 0.836. The Balaban J connectivity index is 2.31. The summed E-state index contributed by atoms with van der Waals surface area (Å²) in [5, 5.41) is 1.91. The van der Waals surface area contributed by atoms with Crippen LogP contribution in [-0.2, 0) is 6.18 Å². The van der Waals surface area contributed by atoms with E-state index < -0.39 is 29.1 Å². The number of carbonyl (C=O) groups excluding carboxylic acids is 2. The lowest BCUT2D eigenvalue weighted by atomic mass is 10.2. The van der Waals surface area contributed by atoms with E-state index in [0.29, 0.717) is 12.3 Å². The highest BCUT2D eigenvalue weighted by Gasteiger charge is 2.32. The van der Waals surface area contributed by atoms with E-state index in [9.17, 15) is 22.8 Å². The second kappa shape index (κ2) is 6.21. The van der Waals surface area contributed by atoms with Crippen LogP contribution in [0.4, 0.5) is 18.9 Å². The van der Waals surface area contributed by atoms with Crippen LogP contribution in [0.25, 0.3) is 0 Å². The summed E-state index contributed by atoms with van der Waals surface area (Å²) in [4.78, 5) is 30.1. The van der Waals surface area contributed by atoms with Crippen molar-refractivity contribution in [2.24, 2.45) is 5.73 Å². The van der Waals surface area contributed by atoms with Crippen LogP contribution in [0.2, 0.25) is 5.15 Å². The largest absolute Gasteiger partial charge is 0.417 e. The Morgan fingerprint density at radius 3 is 2.52 bits per heavy atom. The maximum Gasteiger partial charge on any atom is 0.417 e. The van der Waals surface area contributed by atoms with E-state index in [1.54, 1.807) is 0 Å². The monoisotopic (exact) mass is 344 g/mol. The summed E-state index contributed by atoms with van der Waals surface area (Å²) in [6.07, 6.45) is -2.93. The zero-order valence-corrected chi connectivity index (χ0v) is 11.9. The summed E-state index contributed by atoms with van der Waals surface area (Å²) >= 11 is 5.66. The Hall–Kier alpha value is -2.68. The molecule has 0 radical (unpaired) electrons. The minimum Gasteiger partial charge on any atom is -0.364 e. The van der Waals surface area contributed by atoms with Gasteiger partial charge in [0.2, 0.25) is 0 Å². The van der Waals surface area contributed by atoms with Crippen molar-refractivity contribution in [2.75, 3.05) is 5.32 Å². The molecule has 6 nitrogen and oxygen atoms in total. The number of nitrogens with two attached hydrogens (primary N) is 1. The summed E-state index contributed by atoms with van der Waals surface area (Å²) < 4.78 is 38.0. The standard InChI is InChI=1S/C13H8ClF3N4O2/c14-10-8(3-6(5-20-10)13(15,16)17)12(23)21-7-1-2-19-9(4-7)11(18)22/h1-5H,(H2,18,22)(H,19,21,23). The van der Waals surface area contributed by atoms with Crippen LogP contribution in [0.15, 0.2) is 30.6 Å². The molecule has 120 valence electrons. The second-order valence-electron chi connectivity index (χ2n) is 4.31. The predicted octanol–water partition coefficient (Wildman–Crippen LogP) is 2.50. The maximum atomic E-state index is 12.7. The van der Waals surface area contributed by atoms with E-state index in [1.165, 1.54) is 18.3 Å². The molecule has 2 rings (SSSR count). The van der Waals surface area contributed by atoms with E-state index in [1.807, 2.05) is 0 Å². The Morgan fingerprint density at radius 1 is 1.22 bits per heavy atom. The van der Waals surface area contributed by atoms with Crippen LogP contribution in [-0.4, -0.2) is 21.8 Å². The van der Waals surface area contributed by atoms with Gasteiger partial charge in [-0.2, -0.15) is 13.2 Å². The number of anilines is 1. The highest BCUT2D eigenvalue weighted by atomic mass is 35.5. The number of pyridine rings is 2. The van der Waals surface area contributed by atoms with Gasteiger partial charge in [0, 0.05) is 18.1 Å². The Kier molecular flexibility index (Phi) is 4.50. The van der Waals surface area contributed by atoms with Gasteiger partial charge in [-0.1, -0.05) is 11.6 Å². The molecule has 0 aliphatic rings. The molecule has 0 aliphatic carbocycles. The molecule has 2 aromatic heterocycles. The van der Waals surface area contributed by atoms with E-state index in [0.717, 1.165) is 0 Å². The van der Waals surface area contributed by atoms with E-state index in [-0.39, 0.29) is 16.5 Å². The predicted molar refractivity (Wildman–Crippen MR) is 75.0 cm³/mol. The highest BCUT2D eigenvalue weighted by Crippen LogP contribution is 2.30. The number of carbonyl (C=O) groups is 2. The molecule has 0 aromatic carbocycles. The van der Waals surface area contributed by atoms with Gasteiger partial charge >= 0.3 is 6.18 Å². The third kappa shape index (κ3) is 3.95. The number of hydrogen-bond donors (Lipinski definition) is 2. The number of halogens is 4. The SMILES string of the molecule is NC(=O)c1cc(NC(=O)c2cc(C(F)(F)F)cnc2Cl)ccn1. The molecule has 0 fully saturated rings. The third-order valence-corrected chi connectivity index (χ3v) is 2.98. The van der Waals surface area contributed by atoms with E-state index in [2.05, 4.69) is 15.3 Å². The average Bonchev–Trinajstić information content (AvgIpc) is 2.46. The summed E-state index contributed by atoms with van der Waals surface area (Å²) in [5.74, 6) is -1.74. The molecule has 0 bridgehead atoms. The first-order chi connectivity index (χ1) is 10.7. The van der Waals surface area contributed by atoms with Gasteiger partial charge in [-0.3, -0.25) is 14.6 Å². The van der Waals surface area contributed by atoms with Crippen LogP contribution in [0, 0.1) is 0 Å². The van der Waals surface area contributed by atoms with Gasteiger partial charge in [-0.25, -0.2) is 4.98 Å². The fraction of sp³-hybridized carbons (Fsp3) is 0.0769. The highest BCUT2D eigenvalue weighted by molar-refractivity contribution is 6.33. The van der Waals surface area contributed by atoms with Crippen molar-refractivity contribution in [1.82, 2.24) is 9.97 Å². The molecule has 0 atom stereocenters. The number of aromatic nitrogens is 2. The van der Waals surface area contributed by atoms with Gasteiger partial charge in [0.1, 0.15) is 10.8 Å². The molecule has 0 unspecified atom stereocenters. The van der Waals surface area contributed by atoms with Crippen LogP contribution in [0.5, 0.6) is 0 Å². The molecule has 2 heterocycles. The van der Waals surface area contributed by atoms with Gasteiger partial charge < -0.3 is 11.1 Å². The number of nitrogens with one attached hydrogen (secondary N) is 1. The third-order valence-electron chi connectivity index (χ3n) is 2.68. The first kappa shape index (κ1) is 16.7. The molecule has 0 spiro atoms. The number of nitrogens with zero attached hydrogens (tertiary/aromatic N) is 2. The number of rotatable bonds is 3. The molecule has 23 heavy (non-hydrogen) atoms. The van der Waals surface area contributed by atoms with Crippen LogP contribution < -0.4 is 11.1 Å². The van der Waals surface area contributed by atoms with Crippen LogP contribution in [0.1, 0.15) is 26.4 Å². The number of alkyl halides is 3. The number of amides is 2. The molecular formula is C13H8ClF3N4O2. The summed E-state index contributed by atoms with van der Waals surface area (Å²) in [6, 6.07) is 3.09. The lowest BCUT2D eigenvalue weighted by Crippen LogP contribution is -2.17. The molecule has 3 N–H and O–H groups in total. The molecule has 0 saturated carbocycles. The zero-order valence-electron chi connectivity index (χ0n) is 11.2. The molecule has 0 aliphatic heterocycles. The molecule has 2 aromatic rings. The van der Waals surface area contributed by atoms with Gasteiger partial charge in [0.05, 0.1) is 11.1 Å².